The van der Waals surface area contributed by atoms with Crippen molar-refractivity contribution in [3.8, 4) is 0 Å². The van der Waals surface area contributed by atoms with Gasteiger partial charge in [0.1, 0.15) is 5.82 Å². The summed E-state index contributed by atoms with van der Waals surface area (Å²) in [5, 5.41) is 3.77. The van der Waals surface area contributed by atoms with Gasteiger partial charge in [0.15, 0.2) is 0 Å². The molecule has 3 rings (SSSR count). The molecule has 1 aromatic heterocycles. The van der Waals surface area contributed by atoms with E-state index >= 15 is 0 Å². The number of anilines is 2. The predicted molar refractivity (Wildman–Crippen MR) is 118 cm³/mol. The molecule has 0 aliphatic heterocycles. The molecular weight excluding hydrogens is 403 g/mol. The molecule has 2 aromatic carbocycles. The molecule has 0 saturated heterocycles. The molecule has 7 heteroatoms. The van der Waals surface area contributed by atoms with Crippen LogP contribution in [0.3, 0.4) is 0 Å². The molecule has 1 N–H and O–H groups in total. The zero-order valence-corrected chi connectivity index (χ0v) is 17.8. The predicted octanol–water partition coefficient (Wildman–Crippen LogP) is 6.06. The number of halogens is 3. The number of hydrogen-bond acceptors (Lipinski definition) is 3. The second-order valence-electron chi connectivity index (χ2n) is 7.70. The highest BCUT2D eigenvalue weighted by Gasteiger charge is 2.29. The first-order valence-corrected chi connectivity index (χ1v) is 10.3. The fourth-order valence-electron chi connectivity index (χ4n) is 3.49. The third-order valence-electron chi connectivity index (χ3n) is 5.14. The number of fused-ring (bicyclic) bond motifs is 1. The Bertz CT molecular complexity index is 1050. The molecule has 0 bridgehead atoms. The van der Waals surface area contributed by atoms with Gasteiger partial charge in [-0.15, -0.1) is 0 Å². The third kappa shape index (κ3) is 5.75. The maximum atomic E-state index is 12.6. The lowest BCUT2D eigenvalue weighted by Crippen LogP contribution is -2.31. The van der Waals surface area contributed by atoms with Crippen LogP contribution in [-0.2, 0) is 17.4 Å². The van der Waals surface area contributed by atoms with Crippen molar-refractivity contribution < 1.29 is 18.0 Å². The Kier molecular flexibility index (Phi) is 6.83. The highest BCUT2D eigenvalue weighted by molar-refractivity contribution is 5.94. The molecule has 0 atom stereocenters. The van der Waals surface area contributed by atoms with Crippen molar-refractivity contribution >= 4 is 28.3 Å². The van der Waals surface area contributed by atoms with Gasteiger partial charge in [-0.05, 0) is 75.2 Å². The quantitative estimate of drug-likeness (QED) is 0.497. The summed E-state index contributed by atoms with van der Waals surface area (Å²) in [5.74, 6) is 0.721. The van der Waals surface area contributed by atoms with Crippen LogP contribution in [0.1, 0.15) is 38.3 Å². The van der Waals surface area contributed by atoms with Crippen LogP contribution in [0, 0.1) is 0 Å². The summed E-state index contributed by atoms with van der Waals surface area (Å²) in [7, 11) is 0. The minimum atomic E-state index is -4.36. The second-order valence-corrected chi connectivity index (χ2v) is 7.70. The number of carbonyl (C=O) groups excluding carboxylic acids is 1. The van der Waals surface area contributed by atoms with Gasteiger partial charge in [-0.25, -0.2) is 4.98 Å². The van der Waals surface area contributed by atoms with E-state index in [0.717, 1.165) is 35.4 Å². The summed E-state index contributed by atoms with van der Waals surface area (Å²) >= 11 is 0. The van der Waals surface area contributed by atoms with E-state index in [9.17, 15) is 18.0 Å². The number of pyridine rings is 1. The van der Waals surface area contributed by atoms with Crippen LogP contribution in [0.5, 0.6) is 0 Å². The van der Waals surface area contributed by atoms with Crippen molar-refractivity contribution in [2.45, 2.75) is 45.8 Å². The largest absolute Gasteiger partial charge is 0.416 e. The normalized spacial score (nSPS) is 11.7. The maximum Gasteiger partial charge on any atom is 0.416 e. The van der Waals surface area contributed by atoms with Crippen molar-refractivity contribution in [3.05, 3.63) is 65.7 Å². The minimum absolute atomic E-state index is 0.181. The van der Waals surface area contributed by atoms with Gasteiger partial charge in [0, 0.05) is 30.1 Å². The number of alkyl halides is 3. The fourth-order valence-corrected chi connectivity index (χ4v) is 3.49. The average Bonchev–Trinajstić information content (AvgIpc) is 2.72. The molecule has 0 aliphatic rings. The second kappa shape index (κ2) is 9.37. The average molecular weight is 429 g/mol. The van der Waals surface area contributed by atoms with Crippen LogP contribution >= 0.6 is 0 Å². The Labute approximate surface area is 180 Å². The Hall–Kier alpha value is -3.09. The van der Waals surface area contributed by atoms with Gasteiger partial charge < -0.3 is 10.2 Å². The molecule has 0 aliphatic carbocycles. The van der Waals surface area contributed by atoms with E-state index < -0.39 is 11.7 Å². The van der Waals surface area contributed by atoms with Crippen LogP contribution in [-0.4, -0.2) is 23.5 Å². The van der Waals surface area contributed by atoms with Gasteiger partial charge in [-0.2, -0.15) is 13.2 Å². The van der Waals surface area contributed by atoms with Crippen molar-refractivity contribution in [2.24, 2.45) is 0 Å². The maximum absolute atomic E-state index is 12.6. The molecule has 0 radical (unpaired) electrons. The number of nitrogens with zero attached hydrogens (tertiary/aromatic N) is 2. The van der Waals surface area contributed by atoms with E-state index in [1.54, 1.807) is 6.07 Å². The number of nitrogens with one attached hydrogen (secondary N) is 1. The minimum Gasteiger partial charge on any atom is -0.354 e. The molecular formula is C24H26F3N3O. The van der Waals surface area contributed by atoms with Gasteiger partial charge in [-0.3, -0.25) is 4.79 Å². The summed E-state index contributed by atoms with van der Waals surface area (Å²) in [4.78, 5) is 19.2. The molecule has 164 valence electrons. The fraction of sp³-hybridized carbons (Fsp3) is 0.333. The smallest absolute Gasteiger partial charge is 0.354 e. The van der Waals surface area contributed by atoms with E-state index in [0.29, 0.717) is 23.7 Å². The zero-order valence-electron chi connectivity index (χ0n) is 17.8. The Morgan fingerprint density at radius 3 is 2.39 bits per heavy atom. The van der Waals surface area contributed by atoms with E-state index in [1.807, 2.05) is 24.3 Å². The lowest BCUT2D eigenvalue weighted by Gasteiger charge is -2.26. The monoisotopic (exact) mass is 429 g/mol. The number of rotatable bonds is 7. The first-order chi connectivity index (χ1) is 14.7. The molecule has 0 fully saturated rings. The Morgan fingerprint density at radius 1 is 1.06 bits per heavy atom. The molecule has 4 nitrogen and oxygen atoms in total. The van der Waals surface area contributed by atoms with Crippen LogP contribution in [0.4, 0.5) is 24.7 Å². The summed E-state index contributed by atoms with van der Waals surface area (Å²) in [6.07, 6.45) is -3.81. The topological polar surface area (TPSA) is 45.2 Å². The highest BCUT2D eigenvalue weighted by Crippen LogP contribution is 2.29. The highest BCUT2D eigenvalue weighted by atomic mass is 19.4. The Morgan fingerprint density at radius 2 is 1.77 bits per heavy atom. The van der Waals surface area contributed by atoms with E-state index in [-0.39, 0.29) is 12.3 Å². The van der Waals surface area contributed by atoms with Crippen LogP contribution in [0.25, 0.3) is 10.9 Å². The third-order valence-corrected chi connectivity index (χ3v) is 5.14. The molecule has 31 heavy (non-hydrogen) atoms. The molecule has 3 aromatic rings. The van der Waals surface area contributed by atoms with E-state index in [4.69, 9.17) is 4.98 Å². The lowest BCUT2D eigenvalue weighted by atomic mass is 10.1. The van der Waals surface area contributed by atoms with Crippen molar-refractivity contribution in [3.63, 3.8) is 0 Å². The van der Waals surface area contributed by atoms with Crippen LogP contribution < -0.4 is 10.2 Å². The van der Waals surface area contributed by atoms with Crippen LogP contribution in [0.2, 0.25) is 0 Å². The van der Waals surface area contributed by atoms with Gasteiger partial charge >= 0.3 is 6.18 Å². The molecule has 1 heterocycles. The summed E-state index contributed by atoms with van der Waals surface area (Å²) in [5.41, 5.74) is 1.50. The summed E-state index contributed by atoms with van der Waals surface area (Å²) < 4.78 is 37.9. The Balaban J connectivity index is 1.62. The number of amides is 1. The van der Waals surface area contributed by atoms with E-state index in [2.05, 4.69) is 31.0 Å². The first kappa shape index (κ1) is 22.6. The van der Waals surface area contributed by atoms with Crippen molar-refractivity contribution in [1.82, 2.24) is 4.98 Å². The number of aromatic nitrogens is 1. The number of hydrogen-bond donors (Lipinski definition) is 1. The van der Waals surface area contributed by atoms with Crippen LogP contribution in [0.15, 0.2) is 54.6 Å². The van der Waals surface area contributed by atoms with Crippen molar-refractivity contribution in [1.29, 1.82) is 0 Å². The van der Waals surface area contributed by atoms with Crippen molar-refractivity contribution in [2.75, 3.05) is 16.8 Å². The number of aryl methyl sites for hydroxylation is 1. The van der Waals surface area contributed by atoms with E-state index in [1.165, 1.54) is 12.1 Å². The van der Waals surface area contributed by atoms with Gasteiger partial charge in [0.25, 0.3) is 0 Å². The number of carbonyl (C=O) groups is 1. The van der Waals surface area contributed by atoms with Gasteiger partial charge in [-0.1, -0.05) is 12.1 Å². The summed E-state index contributed by atoms with van der Waals surface area (Å²) in [6.45, 7) is 7.20. The lowest BCUT2D eigenvalue weighted by molar-refractivity contribution is -0.137. The number of benzene rings is 2. The van der Waals surface area contributed by atoms with Gasteiger partial charge in [0.05, 0.1) is 11.1 Å². The van der Waals surface area contributed by atoms with Gasteiger partial charge in [0.2, 0.25) is 5.91 Å². The molecule has 1 amide bonds. The SMILES string of the molecule is CCN(c1ccc2cc(NC(=O)CCc3ccc(C(F)(F)F)cc3)ccc2n1)C(C)C. The molecule has 0 spiro atoms. The molecule has 0 saturated carbocycles. The summed E-state index contributed by atoms with van der Waals surface area (Å²) in [6, 6.07) is 14.7. The first-order valence-electron chi connectivity index (χ1n) is 10.3. The molecule has 0 unspecified atom stereocenters. The standard InChI is InChI=1S/C24H26F3N3O/c1-4-30(16(2)3)22-13-8-18-15-20(11-12-21(18)29-22)28-23(31)14-7-17-5-9-19(10-6-17)24(25,26)27/h5-6,8-13,15-16H,4,7,14H2,1-3H3,(H,28,31). The zero-order chi connectivity index (χ0) is 22.6.